The predicted molar refractivity (Wildman–Crippen MR) is 83.6 cm³/mol. The smallest absolute Gasteiger partial charge is 0.338 e. The quantitative estimate of drug-likeness (QED) is 0.760. The molecule has 2 aromatic rings. The van der Waals surface area contributed by atoms with Crippen molar-refractivity contribution in [1.29, 1.82) is 0 Å². The molecule has 0 saturated carbocycles. The van der Waals surface area contributed by atoms with Gasteiger partial charge in [0.1, 0.15) is 6.61 Å². The van der Waals surface area contributed by atoms with Crippen LogP contribution in [0.3, 0.4) is 0 Å². The lowest BCUT2D eigenvalue weighted by Crippen LogP contribution is -2.38. The summed E-state index contributed by atoms with van der Waals surface area (Å²) in [6, 6.07) is 4.10. The van der Waals surface area contributed by atoms with E-state index in [4.69, 9.17) is 25.8 Å². The Morgan fingerprint density at radius 3 is 2.71 bits per heavy atom. The molecule has 1 aromatic carbocycles. The Kier molecular flexibility index (Phi) is 4.06. The van der Waals surface area contributed by atoms with Gasteiger partial charge < -0.3 is 14.2 Å². The molecule has 1 aliphatic rings. The summed E-state index contributed by atoms with van der Waals surface area (Å²) in [7, 11) is 2.86. The van der Waals surface area contributed by atoms with Gasteiger partial charge in [0.25, 0.3) is 5.56 Å². The molecule has 1 aliphatic heterocycles. The minimum absolute atomic E-state index is 0.0307. The second-order valence-corrected chi connectivity index (χ2v) is 5.55. The largest absolute Gasteiger partial charge is 0.456 e. The molecule has 8 nitrogen and oxygen atoms in total. The van der Waals surface area contributed by atoms with E-state index in [1.54, 1.807) is 0 Å². The lowest BCUT2D eigenvalue weighted by molar-refractivity contribution is 0.0462. The summed E-state index contributed by atoms with van der Waals surface area (Å²) in [5, 5.41) is 0.234. The van der Waals surface area contributed by atoms with Crippen LogP contribution < -0.4 is 20.7 Å². The molecule has 0 aliphatic carbocycles. The molecule has 0 spiro atoms. The van der Waals surface area contributed by atoms with Gasteiger partial charge in [0.05, 0.1) is 16.3 Å². The van der Waals surface area contributed by atoms with E-state index in [-0.39, 0.29) is 29.7 Å². The first-order valence-corrected chi connectivity index (χ1v) is 7.28. The Labute approximate surface area is 140 Å². The van der Waals surface area contributed by atoms with Gasteiger partial charge in [0.2, 0.25) is 6.79 Å². The third-order valence-corrected chi connectivity index (χ3v) is 3.92. The molecular weight excluding hydrogens is 340 g/mol. The number of aromatic nitrogens is 2. The van der Waals surface area contributed by atoms with Gasteiger partial charge in [-0.15, -0.1) is 0 Å². The Hall–Kier alpha value is -2.74. The molecular formula is C15H13ClN2O6. The second kappa shape index (κ2) is 6.04. The third kappa shape index (κ3) is 2.76. The number of rotatable bonds is 3. The third-order valence-electron chi connectivity index (χ3n) is 3.64. The summed E-state index contributed by atoms with van der Waals surface area (Å²) in [6.07, 6.45) is 0. The zero-order chi connectivity index (χ0) is 17.4. The van der Waals surface area contributed by atoms with E-state index in [1.807, 2.05) is 0 Å². The number of hydrogen-bond acceptors (Lipinski definition) is 6. The van der Waals surface area contributed by atoms with Gasteiger partial charge in [-0.05, 0) is 12.1 Å². The van der Waals surface area contributed by atoms with Crippen LogP contribution in [0.25, 0.3) is 0 Å². The van der Waals surface area contributed by atoms with E-state index in [9.17, 15) is 14.4 Å². The molecule has 1 aromatic heterocycles. The SMILES string of the molecule is Cn1c(COC(=O)c2cc(Cl)c3c(c2)OCO3)cc(=O)n(C)c1=O. The van der Waals surface area contributed by atoms with Crippen LogP contribution in [0.5, 0.6) is 11.5 Å². The minimum atomic E-state index is -0.664. The van der Waals surface area contributed by atoms with Crippen molar-refractivity contribution in [3.8, 4) is 11.5 Å². The summed E-state index contributed by atoms with van der Waals surface area (Å²) in [6.45, 7) is -0.199. The van der Waals surface area contributed by atoms with Crippen molar-refractivity contribution in [2.24, 2.45) is 14.1 Å². The standard InChI is InChI=1S/C15H13ClN2O6/c1-17-9(5-12(19)18(2)15(17)21)6-22-14(20)8-3-10(16)13-11(4-8)23-7-24-13/h3-5H,6-7H2,1-2H3. The Balaban J connectivity index is 1.81. The first-order valence-electron chi connectivity index (χ1n) is 6.90. The Morgan fingerprint density at radius 2 is 1.96 bits per heavy atom. The fourth-order valence-corrected chi connectivity index (χ4v) is 2.49. The zero-order valence-corrected chi connectivity index (χ0v) is 13.6. The van der Waals surface area contributed by atoms with Crippen molar-refractivity contribution in [3.63, 3.8) is 0 Å². The van der Waals surface area contributed by atoms with E-state index in [0.29, 0.717) is 11.5 Å². The Bertz CT molecular complexity index is 946. The molecule has 0 saturated heterocycles. The molecule has 0 N–H and O–H groups in total. The highest BCUT2D eigenvalue weighted by Crippen LogP contribution is 2.39. The lowest BCUT2D eigenvalue weighted by Gasteiger charge is -2.10. The lowest BCUT2D eigenvalue weighted by atomic mass is 10.2. The number of carbonyl (C=O) groups excluding carboxylic acids is 1. The fraction of sp³-hybridized carbons (Fsp3) is 0.267. The highest BCUT2D eigenvalue weighted by Gasteiger charge is 2.21. The van der Waals surface area contributed by atoms with Crippen LogP contribution in [-0.4, -0.2) is 21.9 Å². The van der Waals surface area contributed by atoms with Gasteiger partial charge in [0.15, 0.2) is 11.5 Å². The van der Waals surface area contributed by atoms with Crippen LogP contribution in [0.2, 0.25) is 5.02 Å². The molecule has 9 heteroatoms. The summed E-state index contributed by atoms with van der Waals surface area (Å²) < 4.78 is 17.7. The summed E-state index contributed by atoms with van der Waals surface area (Å²) in [5.74, 6) is 0.0703. The molecule has 0 radical (unpaired) electrons. The Morgan fingerprint density at radius 1 is 1.21 bits per heavy atom. The summed E-state index contributed by atoms with van der Waals surface area (Å²) >= 11 is 6.02. The van der Waals surface area contributed by atoms with Crippen molar-refractivity contribution < 1.29 is 19.0 Å². The van der Waals surface area contributed by atoms with Gasteiger partial charge in [-0.25, -0.2) is 9.59 Å². The minimum Gasteiger partial charge on any atom is -0.456 e. The van der Waals surface area contributed by atoms with Crippen molar-refractivity contribution in [1.82, 2.24) is 9.13 Å². The maximum Gasteiger partial charge on any atom is 0.338 e. The number of hydrogen-bond donors (Lipinski definition) is 0. The number of nitrogens with zero attached hydrogens (tertiary/aromatic N) is 2. The van der Waals surface area contributed by atoms with Crippen molar-refractivity contribution in [3.05, 3.63) is 55.3 Å². The molecule has 0 unspecified atom stereocenters. The van der Waals surface area contributed by atoms with Crippen LogP contribution in [-0.2, 0) is 25.4 Å². The molecule has 0 amide bonds. The van der Waals surface area contributed by atoms with E-state index in [1.165, 1.54) is 36.9 Å². The number of fused-ring (bicyclic) bond motifs is 1. The average molecular weight is 353 g/mol. The molecule has 24 heavy (non-hydrogen) atoms. The first-order chi connectivity index (χ1) is 11.4. The van der Waals surface area contributed by atoms with E-state index in [0.717, 1.165) is 4.57 Å². The number of carbonyl (C=O) groups is 1. The summed E-state index contributed by atoms with van der Waals surface area (Å²) in [5.41, 5.74) is -0.517. The van der Waals surface area contributed by atoms with Gasteiger partial charge in [-0.1, -0.05) is 11.6 Å². The van der Waals surface area contributed by atoms with Crippen LogP contribution in [0.1, 0.15) is 16.1 Å². The highest BCUT2D eigenvalue weighted by molar-refractivity contribution is 6.32. The van der Waals surface area contributed by atoms with Crippen molar-refractivity contribution in [2.45, 2.75) is 6.61 Å². The van der Waals surface area contributed by atoms with Gasteiger partial charge in [0, 0.05) is 20.2 Å². The molecule has 126 valence electrons. The van der Waals surface area contributed by atoms with Gasteiger partial charge in [-0.2, -0.15) is 0 Å². The number of benzene rings is 1. The average Bonchev–Trinajstić information content (AvgIpc) is 3.03. The van der Waals surface area contributed by atoms with E-state index < -0.39 is 17.2 Å². The van der Waals surface area contributed by atoms with Crippen LogP contribution >= 0.6 is 11.6 Å². The number of halogens is 1. The van der Waals surface area contributed by atoms with E-state index in [2.05, 4.69) is 0 Å². The number of ether oxygens (including phenoxy) is 3. The van der Waals surface area contributed by atoms with Gasteiger partial charge >= 0.3 is 11.7 Å². The molecule has 0 bridgehead atoms. The highest BCUT2D eigenvalue weighted by atomic mass is 35.5. The predicted octanol–water partition coefficient (Wildman–Crippen LogP) is 0.823. The second-order valence-electron chi connectivity index (χ2n) is 5.14. The molecule has 2 heterocycles. The molecule has 0 fully saturated rings. The molecule has 3 rings (SSSR count). The van der Waals surface area contributed by atoms with Crippen LogP contribution in [0, 0.1) is 0 Å². The van der Waals surface area contributed by atoms with E-state index >= 15 is 0 Å². The van der Waals surface area contributed by atoms with Crippen LogP contribution in [0.15, 0.2) is 27.8 Å². The maximum atomic E-state index is 12.2. The first kappa shape index (κ1) is 16.1. The van der Waals surface area contributed by atoms with Crippen molar-refractivity contribution in [2.75, 3.05) is 6.79 Å². The van der Waals surface area contributed by atoms with Gasteiger partial charge in [-0.3, -0.25) is 13.9 Å². The maximum absolute atomic E-state index is 12.2. The summed E-state index contributed by atoms with van der Waals surface area (Å²) in [4.78, 5) is 35.7. The normalized spacial score (nSPS) is 12.3. The van der Waals surface area contributed by atoms with Crippen molar-refractivity contribution >= 4 is 17.6 Å². The zero-order valence-electron chi connectivity index (χ0n) is 12.9. The number of esters is 1. The molecule has 0 atom stereocenters. The van der Waals surface area contributed by atoms with Crippen LogP contribution in [0.4, 0.5) is 0 Å². The topological polar surface area (TPSA) is 88.8 Å². The monoisotopic (exact) mass is 352 g/mol. The fourth-order valence-electron chi connectivity index (χ4n) is 2.22.